The van der Waals surface area contributed by atoms with E-state index in [-0.39, 0.29) is 11.1 Å². The van der Waals surface area contributed by atoms with Gasteiger partial charge < -0.3 is 19.5 Å². The number of H-pyrrole nitrogens is 1. The van der Waals surface area contributed by atoms with Crippen LogP contribution in [0, 0.1) is 13.8 Å². The summed E-state index contributed by atoms with van der Waals surface area (Å²) >= 11 is 6.15. The normalized spacial score (nSPS) is 19.5. The lowest BCUT2D eigenvalue weighted by molar-refractivity contribution is -0.186. The second-order valence-corrected chi connectivity index (χ2v) is 9.05. The number of aromatic nitrogens is 5. The van der Waals surface area contributed by atoms with E-state index >= 15 is 0 Å². The lowest BCUT2D eigenvalue weighted by atomic mass is 10.0. The zero-order chi connectivity index (χ0) is 23.2. The predicted molar refractivity (Wildman–Crippen MR) is 122 cm³/mol. The smallest absolute Gasteiger partial charge is 0.285 e. The lowest BCUT2D eigenvalue weighted by Gasteiger charge is -2.36. The number of halogens is 1. The number of nitrogens with zero attached hydrogens (tertiary/aromatic N) is 5. The van der Waals surface area contributed by atoms with Gasteiger partial charge in [-0.15, -0.1) is 0 Å². The van der Waals surface area contributed by atoms with Crippen LogP contribution in [0.4, 0.5) is 5.69 Å². The molecule has 11 heteroatoms. The van der Waals surface area contributed by atoms with Crippen LogP contribution in [0.25, 0.3) is 11.1 Å². The zero-order valence-corrected chi connectivity index (χ0v) is 19.2. The summed E-state index contributed by atoms with van der Waals surface area (Å²) in [5, 5.41) is 21.4. The van der Waals surface area contributed by atoms with E-state index in [2.05, 4.69) is 20.3 Å². The maximum absolute atomic E-state index is 11.8. The molecule has 5 heterocycles. The third kappa shape index (κ3) is 4.21. The molecule has 2 saturated heterocycles. The van der Waals surface area contributed by atoms with Crippen molar-refractivity contribution < 1.29 is 14.6 Å². The van der Waals surface area contributed by atoms with Crippen molar-refractivity contribution in [3.8, 4) is 17.0 Å². The predicted octanol–water partition coefficient (Wildman–Crippen LogP) is 1.72. The summed E-state index contributed by atoms with van der Waals surface area (Å²) in [5.74, 6) is 0.520. The Kier molecular flexibility index (Phi) is 5.59. The number of aliphatic hydroxyl groups is 1. The van der Waals surface area contributed by atoms with Crippen molar-refractivity contribution in [3.05, 3.63) is 51.3 Å². The summed E-state index contributed by atoms with van der Waals surface area (Å²) in [4.78, 5) is 18.1. The Labute approximate surface area is 195 Å². The van der Waals surface area contributed by atoms with Gasteiger partial charge in [-0.1, -0.05) is 11.6 Å². The van der Waals surface area contributed by atoms with Crippen LogP contribution < -0.4 is 15.2 Å². The van der Waals surface area contributed by atoms with Crippen LogP contribution in [0.5, 0.6) is 5.88 Å². The number of anilines is 1. The molecule has 0 bridgehead atoms. The highest BCUT2D eigenvalue weighted by atomic mass is 35.5. The molecule has 5 rings (SSSR count). The Bertz CT molecular complexity index is 1240. The highest BCUT2D eigenvalue weighted by Gasteiger charge is 2.37. The van der Waals surface area contributed by atoms with Crippen LogP contribution in [0.1, 0.15) is 17.8 Å². The zero-order valence-electron chi connectivity index (χ0n) is 18.4. The van der Waals surface area contributed by atoms with Crippen molar-refractivity contribution in [2.45, 2.75) is 38.5 Å². The van der Waals surface area contributed by atoms with Gasteiger partial charge in [0.2, 0.25) is 5.88 Å². The van der Waals surface area contributed by atoms with E-state index in [9.17, 15) is 9.90 Å². The van der Waals surface area contributed by atoms with Crippen molar-refractivity contribution in [1.29, 1.82) is 0 Å². The topological polar surface area (TPSA) is 118 Å². The second kappa shape index (κ2) is 8.44. The van der Waals surface area contributed by atoms with Gasteiger partial charge in [0.05, 0.1) is 43.9 Å². The van der Waals surface area contributed by atoms with Gasteiger partial charge in [-0.2, -0.15) is 10.2 Å². The van der Waals surface area contributed by atoms with Crippen LogP contribution in [-0.4, -0.2) is 68.1 Å². The van der Waals surface area contributed by atoms with Crippen molar-refractivity contribution in [2.24, 2.45) is 0 Å². The van der Waals surface area contributed by atoms with Crippen molar-refractivity contribution in [1.82, 2.24) is 25.0 Å². The molecule has 3 aromatic heterocycles. The van der Waals surface area contributed by atoms with Gasteiger partial charge in [0.25, 0.3) is 5.56 Å². The Hall–Kier alpha value is -2.95. The molecule has 1 atom stereocenters. The first-order valence-corrected chi connectivity index (χ1v) is 11.2. The van der Waals surface area contributed by atoms with Crippen LogP contribution in [-0.2, 0) is 11.3 Å². The molecule has 0 unspecified atom stereocenters. The van der Waals surface area contributed by atoms with Crippen LogP contribution >= 0.6 is 11.6 Å². The molecule has 2 fully saturated rings. The molecule has 2 aliphatic heterocycles. The van der Waals surface area contributed by atoms with E-state index in [0.717, 1.165) is 28.9 Å². The highest BCUT2D eigenvalue weighted by Crippen LogP contribution is 2.31. The van der Waals surface area contributed by atoms with E-state index in [1.54, 1.807) is 12.4 Å². The Balaban J connectivity index is 1.32. The molecule has 10 nitrogen and oxygen atoms in total. The molecular weight excluding hydrogens is 448 g/mol. The van der Waals surface area contributed by atoms with Crippen LogP contribution in [0.3, 0.4) is 0 Å². The monoisotopic (exact) mass is 472 g/mol. The van der Waals surface area contributed by atoms with E-state index in [0.29, 0.717) is 44.4 Å². The van der Waals surface area contributed by atoms with Gasteiger partial charge >= 0.3 is 0 Å². The first kappa shape index (κ1) is 21.9. The number of pyridine rings is 1. The molecule has 0 aliphatic carbocycles. The van der Waals surface area contributed by atoms with E-state index in [1.165, 1.54) is 0 Å². The number of hydrogen-bond acceptors (Lipinski definition) is 8. The fourth-order valence-corrected chi connectivity index (χ4v) is 4.62. The molecule has 0 aromatic carbocycles. The standard InChI is InChI=1S/C22H25ClN6O4/c1-13-19(14(2)29(27-13)10-22(31)11-32-12-22)15-3-5-24-18(7-15)33-16-4-6-28(9-16)17-8-25-26-21(30)20(17)23/h3,5,7-8,16,31H,4,6,9-12H2,1-2H3,(H,26,30)/t16-/m1/s1. The number of aromatic amines is 1. The first-order valence-electron chi connectivity index (χ1n) is 10.8. The summed E-state index contributed by atoms with van der Waals surface area (Å²) in [6.07, 6.45) is 3.95. The minimum absolute atomic E-state index is 0.0964. The number of hydrogen-bond donors (Lipinski definition) is 2. The Morgan fingerprint density at radius 1 is 1.39 bits per heavy atom. The number of aryl methyl sites for hydroxylation is 1. The fourth-order valence-electron chi connectivity index (χ4n) is 4.41. The number of rotatable bonds is 6. The Morgan fingerprint density at radius 3 is 2.97 bits per heavy atom. The van der Waals surface area contributed by atoms with Gasteiger partial charge in [0, 0.05) is 36.5 Å². The average Bonchev–Trinajstić information content (AvgIpc) is 3.33. The molecule has 3 aromatic rings. The summed E-state index contributed by atoms with van der Waals surface area (Å²) in [6, 6.07) is 3.84. The van der Waals surface area contributed by atoms with Crippen molar-refractivity contribution in [2.75, 3.05) is 31.2 Å². The molecule has 174 valence electrons. The summed E-state index contributed by atoms with van der Waals surface area (Å²) < 4.78 is 13.2. The maximum Gasteiger partial charge on any atom is 0.285 e. The van der Waals surface area contributed by atoms with E-state index in [4.69, 9.17) is 21.1 Å². The lowest BCUT2D eigenvalue weighted by Crippen LogP contribution is -2.52. The van der Waals surface area contributed by atoms with Crippen molar-refractivity contribution in [3.63, 3.8) is 0 Å². The third-order valence-corrected chi connectivity index (χ3v) is 6.51. The molecule has 2 N–H and O–H groups in total. The highest BCUT2D eigenvalue weighted by molar-refractivity contribution is 6.33. The Morgan fingerprint density at radius 2 is 2.21 bits per heavy atom. The maximum atomic E-state index is 11.8. The summed E-state index contributed by atoms with van der Waals surface area (Å²) in [5.41, 5.74) is 3.13. The molecule has 0 radical (unpaired) electrons. The SMILES string of the molecule is Cc1nn(CC2(O)COC2)c(C)c1-c1ccnc(O[C@@H]2CCN(c3cn[nH]c(=O)c3Cl)C2)c1. The number of nitrogens with one attached hydrogen (secondary N) is 1. The fraction of sp³-hybridized carbons (Fsp3) is 0.455. The van der Waals surface area contributed by atoms with Gasteiger partial charge in [0.15, 0.2) is 0 Å². The van der Waals surface area contributed by atoms with Crippen molar-refractivity contribution >= 4 is 17.3 Å². The molecule has 0 spiro atoms. The quantitative estimate of drug-likeness (QED) is 0.556. The first-order chi connectivity index (χ1) is 15.8. The molecule has 0 amide bonds. The van der Waals surface area contributed by atoms with Gasteiger partial charge in [-0.05, 0) is 25.5 Å². The third-order valence-electron chi connectivity index (χ3n) is 6.14. The minimum atomic E-state index is -0.858. The van der Waals surface area contributed by atoms with Crippen LogP contribution in [0.15, 0.2) is 29.3 Å². The molecule has 33 heavy (non-hydrogen) atoms. The van der Waals surface area contributed by atoms with Gasteiger partial charge in [-0.25, -0.2) is 10.1 Å². The molecule has 2 aliphatic rings. The number of ether oxygens (including phenoxy) is 2. The van der Waals surface area contributed by atoms with E-state index in [1.807, 2.05) is 35.6 Å². The summed E-state index contributed by atoms with van der Waals surface area (Å²) in [7, 11) is 0. The molecular formula is C22H25ClN6O4. The second-order valence-electron chi connectivity index (χ2n) is 8.68. The summed E-state index contributed by atoms with van der Waals surface area (Å²) in [6.45, 7) is 6.27. The van der Waals surface area contributed by atoms with E-state index < -0.39 is 11.2 Å². The van der Waals surface area contributed by atoms with Gasteiger partial charge in [-0.3, -0.25) is 9.48 Å². The van der Waals surface area contributed by atoms with Gasteiger partial charge in [0.1, 0.15) is 16.7 Å². The average molecular weight is 473 g/mol. The largest absolute Gasteiger partial charge is 0.472 e. The molecule has 0 saturated carbocycles. The minimum Gasteiger partial charge on any atom is -0.472 e. The van der Waals surface area contributed by atoms with Crippen LogP contribution in [0.2, 0.25) is 5.02 Å².